The number of hydrogen-bond donors (Lipinski definition) is 1. The summed E-state index contributed by atoms with van der Waals surface area (Å²) in [4.78, 5) is 15.0. The van der Waals surface area contributed by atoms with Crippen LogP contribution in [-0.4, -0.2) is 51.0 Å². The van der Waals surface area contributed by atoms with Crippen LogP contribution in [0.1, 0.15) is 0 Å². The maximum atomic E-state index is 10.2. The Kier molecular flexibility index (Phi) is 3.98. The number of carbonyl (C=O) groups is 1. The molecule has 0 atom stereocenters. The summed E-state index contributed by atoms with van der Waals surface area (Å²) in [5, 5.41) is 3.04. The van der Waals surface area contributed by atoms with E-state index in [4.69, 9.17) is 0 Å². The molecule has 0 radical (unpaired) electrons. The van der Waals surface area contributed by atoms with Crippen LogP contribution < -0.4 is 10.2 Å². The van der Waals surface area contributed by atoms with Gasteiger partial charge in [-0.3, -0.25) is 0 Å². The third-order valence-corrected chi connectivity index (χ3v) is 3.13. The zero-order chi connectivity index (χ0) is 12.1. The first-order chi connectivity index (χ1) is 8.29. The van der Waals surface area contributed by atoms with E-state index in [2.05, 4.69) is 34.3 Å². The molecule has 0 aromatic heterocycles. The lowest BCUT2D eigenvalue weighted by atomic mass is 10.2. The molecule has 1 N–H and O–H groups in total. The molecule has 1 aromatic rings. The van der Waals surface area contributed by atoms with Crippen molar-refractivity contribution in [3.05, 3.63) is 24.3 Å². The third-order valence-electron chi connectivity index (χ3n) is 3.13. The molecule has 0 spiro atoms. The second kappa shape index (κ2) is 5.68. The second-order valence-corrected chi connectivity index (χ2v) is 4.38. The minimum Gasteiger partial charge on any atom is -0.378 e. The number of benzene rings is 1. The zero-order valence-corrected chi connectivity index (χ0v) is 10.2. The van der Waals surface area contributed by atoms with Crippen molar-refractivity contribution in [1.29, 1.82) is 0 Å². The summed E-state index contributed by atoms with van der Waals surface area (Å²) >= 11 is 0. The van der Waals surface area contributed by atoms with E-state index in [1.165, 1.54) is 5.69 Å². The first-order valence-corrected chi connectivity index (χ1v) is 6.00. The lowest BCUT2D eigenvalue weighted by molar-refractivity contribution is -0.106. The van der Waals surface area contributed by atoms with Gasteiger partial charge in [0.15, 0.2) is 0 Å². The number of anilines is 2. The quantitative estimate of drug-likeness (QED) is 0.789. The van der Waals surface area contributed by atoms with E-state index in [0.717, 1.165) is 38.2 Å². The maximum absolute atomic E-state index is 10.2. The summed E-state index contributed by atoms with van der Waals surface area (Å²) in [6, 6.07) is 8.27. The van der Waals surface area contributed by atoms with Crippen LogP contribution in [0, 0.1) is 0 Å². The average molecular weight is 233 g/mol. The van der Waals surface area contributed by atoms with Crippen LogP contribution in [0.5, 0.6) is 0 Å². The Bertz CT molecular complexity index is 355. The van der Waals surface area contributed by atoms with E-state index in [1.807, 2.05) is 12.1 Å². The normalized spacial score (nSPS) is 16.9. The Morgan fingerprint density at radius 3 is 2.41 bits per heavy atom. The van der Waals surface area contributed by atoms with E-state index in [1.54, 1.807) is 0 Å². The monoisotopic (exact) mass is 233 g/mol. The summed E-state index contributed by atoms with van der Waals surface area (Å²) in [6.45, 7) is 4.76. The number of rotatable bonds is 4. The van der Waals surface area contributed by atoms with Gasteiger partial charge in [-0.2, -0.15) is 0 Å². The zero-order valence-electron chi connectivity index (χ0n) is 10.2. The fourth-order valence-electron chi connectivity index (χ4n) is 2.01. The fraction of sp³-hybridized carbons (Fsp3) is 0.462. The van der Waals surface area contributed by atoms with Gasteiger partial charge in [-0.25, -0.2) is 0 Å². The van der Waals surface area contributed by atoms with Crippen LogP contribution >= 0.6 is 0 Å². The predicted molar refractivity (Wildman–Crippen MR) is 70.7 cm³/mol. The number of likely N-dealkylation sites (N-methyl/N-ethyl adjacent to an activating group) is 1. The highest BCUT2D eigenvalue weighted by molar-refractivity contribution is 5.61. The van der Waals surface area contributed by atoms with E-state index < -0.39 is 0 Å². The van der Waals surface area contributed by atoms with E-state index in [-0.39, 0.29) is 0 Å². The lowest BCUT2D eigenvalue weighted by Crippen LogP contribution is -2.44. The molecule has 4 heteroatoms. The van der Waals surface area contributed by atoms with Gasteiger partial charge in [-0.05, 0) is 31.3 Å². The van der Waals surface area contributed by atoms with Crippen molar-refractivity contribution in [1.82, 2.24) is 4.90 Å². The third kappa shape index (κ3) is 3.20. The Morgan fingerprint density at radius 1 is 1.18 bits per heavy atom. The standard InChI is InChI=1S/C13H19N3O/c1-15-7-9-16(10-8-15)13-4-2-12(3-5-13)14-6-11-17/h2-5,11,14H,6-10H2,1H3. The summed E-state index contributed by atoms with van der Waals surface area (Å²) in [7, 11) is 2.16. The number of nitrogens with one attached hydrogen (secondary N) is 1. The molecular weight excluding hydrogens is 214 g/mol. The largest absolute Gasteiger partial charge is 0.378 e. The highest BCUT2D eigenvalue weighted by Crippen LogP contribution is 2.18. The number of carbonyl (C=O) groups excluding carboxylic acids is 1. The number of aldehydes is 1. The van der Waals surface area contributed by atoms with Gasteiger partial charge < -0.3 is 19.9 Å². The summed E-state index contributed by atoms with van der Waals surface area (Å²) in [6.07, 6.45) is 0.869. The Morgan fingerprint density at radius 2 is 1.82 bits per heavy atom. The molecule has 0 saturated carbocycles. The van der Waals surface area contributed by atoms with Gasteiger partial charge in [-0.15, -0.1) is 0 Å². The van der Waals surface area contributed by atoms with Crippen LogP contribution in [0.3, 0.4) is 0 Å². The number of nitrogens with zero attached hydrogens (tertiary/aromatic N) is 2. The molecular formula is C13H19N3O. The first kappa shape index (κ1) is 11.9. The van der Waals surface area contributed by atoms with Crippen molar-refractivity contribution >= 4 is 17.7 Å². The smallest absolute Gasteiger partial charge is 0.139 e. The van der Waals surface area contributed by atoms with Crippen molar-refractivity contribution in [2.45, 2.75) is 0 Å². The predicted octanol–water partition coefficient (Wildman–Crippen LogP) is 1.05. The van der Waals surface area contributed by atoms with Crippen LogP contribution in [0.15, 0.2) is 24.3 Å². The van der Waals surface area contributed by atoms with E-state index >= 15 is 0 Å². The van der Waals surface area contributed by atoms with Crippen LogP contribution in [0.4, 0.5) is 11.4 Å². The van der Waals surface area contributed by atoms with E-state index in [9.17, 15) is 4.79 Å². The SMILES string of the molecule is CN1CCN(c2ccc(NCC=O)cc2)CC1. The molecule has 1 aromatic carbocycles. The molecule has 1 aliphatic rings. The van der Waals surface area contributed by atoms with Crippen LogP contribution in [0.2, 0.25) is 0 Å². The summed E-state index contributed by atoms with van der Waals surface area (Å²) < 4.78 is 0. The molecule has 1 heterocycles. The minimum atomic E-state index is 0.369. The van der Waals surface area contributed by atoms with E-state index in [0.29, 0.717) is 6.54 Å². The molecule has 0 bridgehead atoms. The van der Waals surface area contributed by atoms with Crippen molar-refractivity contribution in [2.24, 2.45) is 0 Å². The molecule has 1 aliphatic heterocycles. The molecule has 92 valence electrons. The fourth-order valence-corrected chi connectivity index (χ4v) is 2.01. The highest BCUT2D eigenvalue weighted by Gasteiger charge is 2.13. The molecule has 17 heavy (non-hydrogen) atoms. The van der Waals surface area contributed by atoms with Crippen molar-refractivity contribution in [3.8, 4) is 0 Å². The number of piperazine rings is 1. The van der Waals surface area contributed by atoms with Gasteiger partial charge in [0.1, 0.15) is 6.29 Å². The van der Waals surface area contributed by atoms with Gasteiger partial charge >= 0.3 is 0 Å². The highest BCUT2D eigenvalue weighted by atomic mass is 16.1. The van der Waals surface area contributed by atoms with Crippen LogP contribution in [-0.2, 0) is 4.79 Å². The Balaban J connectivity index is 1.95. The minimum absolute atomic E-state index is 0.369. The Labute approximate surface area is 102 Å². The van der Waals surface area contributed by atoms with Gasteiger partial charge in [-0.1, -0.05) is 0 Å². The molecule has 4 nitrogen and oxygen atoms in total. The second-order valence-electron chi connectivity index (χ2n) is 4.38. The van der Waals surface area contributed by atoms with Gasteiger partial charge in [0, 0.05) is 37.6 Å². The maximum Gasteiger partial charge on any atom is 0.139 e. The molecule has 2 rings (SSSR count). The van der Waals surface area contributed by atoms with Gasteiger partial charge in [0.05, 0.1) is 6.54 Å². The number of hydrogen-bond acceptors (Lipinski definition) is 4. The van der Waals surface area contributed by atoms with Crippen molar-refractivity contribution < 1.29 is 4.79 Å². The van der Waals surface area contributed by atoms with Crippen molar-refractivity contribution in [3.63, 3.8) is 0 Å². The average Bonchev–Trinajstić information content (AvgIpc) is 2.38. The van der Waals surface area contributed by atoms with Crippen molar-refractivity contribution in [2.75, 3.05) is 50.0 Å². The molecule has 0 amide bonds. The lowest BCUT2D eigenvalue weighted by Gasteiger charge is -2.34. The molecule has 1 saturated heterocycles. The molecule has 1 fully saturated rings. The topological polar surface area (TPSA) is 35.6 Å². The first-order valence-electron chi connectivity index (χ1n) is 6.00. The van der Waals surface area contributed by atoms with Gasteiger partial charge in [0.25, 0.3) is 0 Å². The summed E-state index contributed by atoms with van der Waals surface area (Å²) in [5.41, 5.74) is 2.25. The molecule has 0 aliphatic carbocycles. The Hall–Kier alpha value is -1.55. The summed E-state index contributed by atoms with van der Waals surface area (Å²) in [5.74, 6) is 0. The van der Waals surface area contributed by atoms with Crippen LogP contribution in [0.25, 0.3) is 0 Å². The molecule has 0 unspecified atom stereocenters. The van der Waals surface area contributed by atoms with Gasteiger partial charge in [0.2, 0.25) is 0 Å².